The molecule has 1 aliphatic rings. The largest absolute Gasteiger partial charge is 0.380 e. The molecule has 0 unspecified atom stereocenters. The van der Waals surface area contributed by atoms with E-state index in [1.807, 2.05) is 23.6 Å². The molecule has 4 rings (SSSR count). The Hall–Kier alpha value is -1.87. The van der Waals surface area contributed by atoms with Gasteiger partial charge in [-0.15, -0.1) is 11.3 Å². The van der Waals surface area contributed by atoms with Gasteiger partial charge in [0, 0.05) is 33.6 Å². The molecule has 0 atom stereocenters. The minimum absolute atomic E-state index is 0.908. The third kappa shape index (κ3) is 2.08. The number of benzene rings is 1. The molecule has 3 aromatic rings. The fourth-order valence-electron chi connectivity index (χ4n) is 2.91. The number of pyridine rings is 1. The predicted molar refractivity (Wildman–Crippen MR) is 85.4 cm³/mol. The maximum absolute atomic E-state index is 4.40. The maximum Gasteiger partial charge on any atom is 0.0722 e. The van der Waals surface area contributed by atoms with Crippen LogP contribution in [0.25, 0.3) is 10.9 Å². The molecule has 2 heterocycles. The van der Waals surface area contributed by atoms with Crippen LogP contribution in [0.2, 0.25) is 0 Å². The number of rotatable bonds is 3. The summed E-state index contributed by atoms with van der Waals surface area (Å²) >= 11 is 1.97. The standard InChI is InChI=1S/C17H16N2S/c1-2-6-15-14(5-1)16(8-9-18-15)19-11-13-10-12-4-3-7-17(12)20-13/h1-2,5-6,8-10H,3-4,7,11H2,(H,18,19). The zero-order valence-electron chi connectivity index (χ0n) is 11.2. The van der Waals surface area contributed by atoms with E-state index in [0.29, 0.717) is 0 Å². The summed E-state index contributed by atoms with van der Waals surface area (Å²) < 4.78 is 0. The molecule has 1 aliphatic carbocycles. The molecule has 0 amide bonds. The molecule has 1 N–H and O–H groups in total. The van der Waals surface area contributed by atoms with Gasteiger partial charge in [-0.25, -0.2) is 0 Å². The number of nitrogens with one attached hydrogen (secondary N) is 1. The van der Waals surface area contributed by atoms with E-state index in [0.717, 1.165) is 12.1 Å². The zero-order chi connectivity index (χ0) is 13.4. The zero-order valence-corrected chi connectivity index (χ0v) is 12.0. The van der Waals surface area contributed by atoms with E-state index in [9.17, 15) is 0 Å². The van der Waals surface area contributed by atoms with Crippen molar-refractivity contribution in [3.8, 4) is 0 Å². The molecule has 0 spiro atoms. The van der Waals surface area contributed by atoms with Gasteiger partial charge in [-0.2, -0.15) is 0 Å². The Morgan fingerprint density at radius 1 is 1.15 bits per heavy atom. The molecular weight excluding hydrogens is 264 g/mol. The SMILES string of the molecule is c1ccc2c(NCc3cc4c(s3)CCC4)ccnc2c1. The Morgan fingerprint density at radius 3 is 3.05 bits per heavy atom. The summed E-state index contributed by atoms with van der Waals surface area (Å²) in [6.07, 6.45) is 5.76. The number of aromatic nitrogens is 1. The van der Waals surface area contributed by atoms with Crippen LogP contribution in [0.1, 0.15) is 21.7 Å². The highest BCUT2D eigenvalue weighted by Gasteiger charge is 2.14. The van der Waals surface area contributed by atoms with E-state index in [1.54, 1.807) is 10.4 Å². The Balaban J connectivity index is 1.58. The first-order valence-corrected chi connectivity index (χ1v) is 7.90. The van der Waals surface area contributed by atoms with Crippen molar-refractivity contribution in [3.63, 3.8) is 0 Å². The second kappa shape index (κ2) is 4.91. The summed E-state index contributed by atoms with van der Waals surface area (Å²) in [5.74, 6) is 0. The van der Waals surface area contributed by atoms with Crippen LogP contribution in [-0.2, 0) is 19.4 Å². The average Bonchev–Trinajstić information content (AvgIpc) is 3.06. The maximum atomic E-state index is 4.40. The van der Waals surface area contributed by atoms with Gasteiger partial charge in [0.1, 0.15) is 0 Å². The van der Waals surface area contributed by atoms with Gasteiger partial charge in [0.15, 0.2) is 0 Å². The van der Waals surface area contributed by atoms with Crippen LogP contribution in [-0.4, -0.2) is 4.98 Å². The van der Waals surface area contributed by atoms with E-state index in [-0.39, 0.29) is 0 Å². The van der Waals surface area contributed by atoms with Gasteiger partial charge in [0.05, 0.1) is 5.52 Å². The fourth-order valence-corrected chi connectivity index (χ4v) is 4.11. The van der Waals surface area contributed by atoms with Crippen LogP contribution in [0.15, 0.2) is 42.6 Å². The summed E-state index contributed by atoms with van der Waals surface area (Å²) in [7, 11) is 0. The molecule has 100 valence electrons. The third-order valence-electron chi connectivity index (χ3n) is 3.90. The molecule has 0 fully saturated rings. The van der Waals surface area contributed by atoms with Crippen molar-refractivity contribution < 1.29 is 0 Å². The van der Waals surface area contributed by atoms with Crippen molar-refractivity contribution in [2.45, 2.75) is 25.8 Å². The third-order valence-corrected chi connectivity index (χ3v) is 5.14. The summed E-state index contributed by atoms with van der Waals surface area (Å²) in [6.45, 7) is 0.908. The van der Waals surface area contributed by atoms with Crippen molar-refractivity contribution in [2.75, 3.05) is 5.32 Å². The van der Waals surface area contributed by atoms with Gasteiger partial charge in [-0.05, 0) is 43.0 Å². The highest BCUT2D eigenvalue weighted by Crippen LogP contribution is 2.31. The summed E-state index contributed by atoms with van der Waals surface area (Å²) in [4.78, 5) is 7.44. The Kier molecular flexibility index (Phi) is 2.92. The molecule has 0 radical (unpaired) electrons. The van der Waals surface area contributed by atoms with Gasteiger partial charge in [-0.1, -0.05) is 18.2 Å². The molecule has 2 nitrogen and oxygen atoms in total. The van der Waals surface area contributed by atoms with Crippen LogP contribution in [0.5, 0.6) is 0 Å². The minimum Gasteiger partial charge on any atom is -0.380 e. The smallest absolute Gasteiger partial charge is 0.0722 e. The highest BCUT2D eigenvalue weighted by molar-refractivity contribution is 7.12. The van der Waals surface area contributed by atoms with Crippen molar-refractivity contribution in [3.05, 3.63) is 57.9 Å². The van der Waals surface area contributed by atoms with Crippen LogP contribution in [0.4, 0.5) is 5.69 Å². The number of thiophene rings is 1. The predicted octanol–water partition coefficient (Wildman–Crippen LogP) is 4.40. The van der Waals surface area contributed by atoms with Gasteiger partial charge >= 0.3 is 0 Å². The average molecular weight is 280 g/mol. The Bertz CT molecular complexity index is 734. The van der Waals surface area contributed by atoms with Gasteiger partial charge < -0.3 is 5.32 Å². The van der Waals surface area contributed by atoms with E-state index < -0.39 is 0 Å². The lowest BCUT2D eigenvalue weighted by molar-refractivity contribution is 0.913. The lowest BCUT2D eigenvalue weighted by Crippen LogP contribution is -1.98. The first-order chi connectivity index (χ1) is 9.90. The molecule has 0 saturated carbocycles. The second-order valence-electron chi connectivity index (χ2n) is 5.24. The number of nitrogens with zero attached hydrogens (tertiary/aromatic N) is 1. The summed E-state index contributed by atoms with van der Waals surface area (Å²) in [6, 6.07) is 12.7. The first kappa shape index (κ1) is 11.9. The monoisotopic (exact) mass is 280 g/mol. The number of fused-ring (bicyclic) bond motifs is 2. The van der Waals surface area contributed by atoms with Crippen LogP contribution >= 0.6 is 11.3 Å². The number of anilines is 1. The van der Waals surface area contributed by atoms with E-state index in [1.165, 1.54) is 35.2 Å². The molecule has 0 saturated heterocycles. The Labute approximate surface area is 122 Å². The quantitative estimate of drug-likeness (QED) is 0.769. The molecule has 20 heavy (non-hydrogen) atoms. The Morgan fingerprint density at radius 2 is 2.10 bits per heavy atom. The van der Waals surface area contributed by atoms with E-state index >= 15 is 0 Å². The molecule has 2 aromatic heterocycles. The first-order valence-electron chi connectivity index (χ1n) is 7.08. The highest BCUT2D eigenvalue weighted by atomic mass is 32.1. The van der Waals surface area contributed by atoms with Crippen LogP contribution in [0, 0.1) is 0 Å². The number of aryl methyl sites for hydroxylation is 2. The molecule has 3 heteroatoms. The summed E-state index contributed by atoms with van der Waals surface area (Å²) in [5, 5.41) is 4.76. The number of hydrogen-bond donors (Lipinski definition) is 1. The number of para-hydroxylation sites is 1. The fraction of sp³-hybridized carbons (Fsp3) is 0.235. The van der Waals surface area contributed by atoms with Gasteiger partial charge in [-0.3, -0.25) is 4.98 Å². The van der Waals surface area contributed by atoms with Crippen molar-refractivity contribution >= 4 is 27.9 Å². The van der Waals surface area contributed by atoms with Crippen LogP contribution < -0.4 is 5.32 Å². The van der Waals surface area contributed by atoms with Gasteiger partial charge in [0.25, 0.3) is 0 Å². The van der Waals surface area contributed by atoms with Crippen molar-refractivity contribution in [2.24, 2.45) is 0 Å². The number of hydrogen-bond acceptors (Lipinski definition) is 3. The van der Waals surface area contributed by atoms with Crippen molar-refractivity contribution in [1.82, 2.24) is 4.98 Å². The van der Waals surface area contributed by atoms with E-state index in [2.05, 4.69) is 40.6 Å². The van der Waals surface area contributed by atoms with Crippen molar-refractivity contribution in [1.29, 1.82) is 0 Å². The molecule has 0 bridgehead atoms. The topological polar surface area (TPSA) is 24.9 Å². The normalized spacial score (nSPS) is 13.6. The molecular formula is C17H16N2S. The lowest BCUT2D eigenvalue weighted by atomic mass is 10.2. The summed E-state index contributed by atoms with van der Waals surface area (Å²) in [5.41, 5.74) is 3.79. The van der Waals surface area contributed by atoms with Gasteiger partial charge in [0.2, 0.25) is 0 Å². The second-order valence-corrected chi connectivity index (χ2v) is 6.47. The molecule has 1 aromatic carbocycles. The van der Waals surface area contributed by atoms with E-state index in [4.69, 9.17) is 0 Å². The lowest BCUT2D eigenvalue weighted by Gasteiger charge is -2.08. The van der Waals surface area contributed by atoms with Crippen LogP contribution in [0.3, 0.4) is 0 Å². The molecule has 0 aliphatic heterocycles. The minimum atomic E-state index is 0.908.